The SMILES string of the molecule is CC(C)(C)OC(=O)N[C@@H]1C(C(=O)O)=CC=C[C@H]1O. The average molecular weight is 255 g/mol. The molecule has 100 valence electrons. The molecule has 0 aromatic rings. The summed E-state index contributed by atoms with van der Waals surface area (Å²) in [5, 5.41) is 21.0. The molecule has 0 radical (unpaired) electrons. The van der Waals surface area contributed by atoms with E-state index < -0.39 is 29.8 Å². The van der Waals surface area contributed by atoms with E-state index in [1.54, 1.807) is 20.8 Å². The molecule has 6 heteroatoms. The standard InChI is InChI=1S/C12H17NO5/c1-12(2,3)18-11(17)13-9-7(10(15)16)5-4-6-8(9)14/h4-6,8-9,14H,1-3H3,(H,13,17)(H,15,16)/t8-,9-/m1/s1. The number of amides is 1. The number of carboxylic acids is 1. The summed E-state index contributed by atoms with van der Waals surface area (Å²) in [4.78, 5) is 22.5. The first-order valence-corrected chi connectivity index (χ1v) is 5.50. The average Bonchev–Trinajstić information content (AvgIpc) is 2.17. The topological polar surface area (TPSA) is 95.9 Å². The number of hydrogen-bond donors (Lipinski definition) is 3. The molecule has 6 nitrogen and oxygen atoms in total. The fourth-order valence-electron chi connectivity index (χ4n) is 1.47. The van der Waals surface area contributed by atoms with Crippen LogP contribution in [0.15, 0.2) is 23.8 Å². The van der Waals surface area contributed by atoms with Crippen molar-refractivity contribution in [2.45, 2.75) is 38.5 Å². The van der Waals surface area contributed by atoms with E-state index in [1.165, 1.54) is 18.2 Å². The number of aliphatic hydroxyl groups excluding tert-OH is 1. The Morgan fingerprint density at radius 2 is 2.00 bits per heavy atom. The van der Waals surface area contributed by atoms with Crippen LogP contribution in [-0.4, -0.2) is 40.0 Å². The van der Waals surface area contributed by atoms with Crippen LogP contribution in [0.4, 0.5) is 4.79 Å². The maximum absolute atomic E-state index is 11.6. The van der Waals surface area contributed by atoms with E-state index in [0.29, 0.717) is 0 Å². The van der Waals surface area contributed by atoms with Gasteiger partial charge in [0.1, 0.15) is 5.60 Å². The highest BCUT2D eigenvalue weighted by Gasteiger charge is 2.31. The van der Waals surface area contributed by atoms with Gasteiger partial charge in [-0.05, 0) is 26.8 Å². The van der Waals surface area contributed by atoms with Crippen molar-refractivity contribution >= 4 is 12.1 Å². The van der Waals surface area contributed by atoms with Crippen LogP contribution in [0.5, 0.6) is 0 Å². The molecule has 0 saturated heterocycles. The summed E-state index contributed by atoms with van der Waals surface area (Å²) in [5.74, 6) is -1.19. The number of aliphatic carboxylic acids is 1. The second-order valence-electron chi connectivity index (χ2n) is 4.93. The summed E-state index contributed by atoms with van der Waals surface area (Å²) in [6.07, 6.45) is 2.30. The Balaban J connectivity index is 2.75. The molecule has 0 heterocycles. The minimum atomic E-state index is -1.19. The Labute approximate surface area is 105 Å². The molecule has 1 amide bonds. The number of carbonyl (C=O) groups excluding carboxylic acids is 1. The molecule has 2 atom stereocenters. The number of ether oxygens (including phenoxy) is 1. The van der Waals surface area contributed by atoms with Crippen molar-refractivity contribution in [1.29, 1.82) is 0 Å². The Bertz CT molecular complexity index is 405. The molecule has 0 aliphatic heterocycles. The van der Waals surface area contributed by atoms with Gasteiger partial charge in [-0.1, -0.05) is 12.2 Å². The number of carbonyl (C=O) groups is 2. The van der Waals surface area contributed by atoms with E-state index in [4.69, 9.17) is 9.84 Å². The van der Waals surface area contributed by atoms with Gasteiger partial charge in [-0.25, -0.2) is 9.59 Å². The predicted molar refractivity (Wildman–Crippen MR) is 64.0 cm³/mol. The quantitative estimate of drug-likeness (QED) is 0.679. The van der Waals surface area contributed by atoms with Crippen molar-refractivity contribution < 1.29 is 24.5 Å². The van der Waals surface area contributed by atoms with E-state index in [-0.39, 0.29) is 5.57 Å². The van der Waals surface area contributed by atoms with E-state index >= 15 is 0 Å². The van der Waals surface area contributed by atoms with Gasteiger partial charge in [0.2, 0.25) is 0 Å². The van der Waals surface area contributed by atoms with Crippen LogP contribution < -0.4 is 5.32 Å². The van der Waals surface area contributed by atoms with E-state index in [2.05, 4.69) is 5.32 Å². The first-order chi connectivity index (χ1) is 8.20. The van der Waals surface area contributed by atoms with Gasteiger partial charge in [-0.15, -0.1) is 0 Å². The molecule has 0 unspecified atom stereocenters. The van der Waals surface area contributed by atoms with Crippen LogP contribution in [0.25, 0.3) is 0 Å². The van der Waals surface area contributed by atoms with Gasteiger partial charge in [0.15, 0.2) is 0 Å². The van der Waals surface area contributed by atoms with Gasteiger partial charge in [0.05, 0.1) is 17.7 Å². The zero-order chi connectivity index (χ0) is 13.9. The third kappa shape index (κ3) is 3.89. The van der Waals surface area contributed by atoms with Crippen molar-refractivity contribution in [2.75, 3.05) is 0 Å². The van der Waals surface area contributed by atoms with Crippen molar-refractivity contribution in [1.82, 2.24) is 5.32 Å². The lowest BCUT2D eigenvalue weighted by molar-refractivity contribution is -0.133. The minimum absolute atomic E-state index is 0.0872. The second-order valence-corrected chi connectivity index (χ2v) is 4.93. The number of aliphatic hydroxyl groups is 1. The van der Waals surface area contributed by atoms with Crippen molar-refractivity contribution in [3.63, 3.8) is 0 Å². The molecule has 18 heavy (non-hydrogen) atoms. The summed E-state index contributed by atoms with van der Waals surface area (Å²) in [7, 11) is 0. The molecule has 0 aromatic carbocycles. The zero-order valence-corrected chi connectivity index (χ0v) is 10.5. The highest BCUT2D eigenvalue weighted by molar-refractivity contribution is 5.90. The third-order valence-electron chi connectivity index (χ3n) is 2.18. The van der Waals surface area contributed by atoms with Gasteiger partial charge in [-0.2, -0.15) is 0 Å². The second kappa shape index (κ2) is 5.22. The first-order valence-electron chi connectivity index (χ1n) is 5.50. The summed E-state index contributed by atoms with van der Waals surface area (Å²) >= 11 is 0. The molecule has 1 aliphatic carbocycles. The van der Waals surface area contributed by atoms with Crippen LogP contribution in [-0.2, 0) is 9.53 Å². The fraction of sp³-hybridized carbons (Fsp3) is 0.500. The zero-order valence-electron chi connectivity index (χ0n) is 10.5. The highest BCUT2D eigenvalue weighted by atomic mass is 16.6. The Morgan fingerprint density at radius 1 is 1.39 bits per heavy atom. The summed E-state index contributed by atoms with van der Waals surface area (Å²) in [6.45, 7) is 5.08. The Morgan fingerprint density at radius 3 is 2.50 bits per heavy atom. The third-order valence-corrected chi connectivity index (χ3v) is 2.18. The first kappa shape index (κ1) is 14.2. The minimum Gasteiger partial charge on any atom is -0.478 e. The molecule has 0 saturated carbocycles. The van der Waals surface area contributed by atoms with Crippen molar-refractivity contribution in [3.8, 4) is 0 Å². The number of carboxylic acid groups (broad SMARTS) is 1. The molecular weight excluding hydrogens is 238 g/mol. The molecule has 3 N–H and O–H groups in total. The number of nitrogens with one attached hydrogen (secondary N) is 1. The molecule has 0 aromatic heterocycles. The normalized spacial score (nSPS) is 23.2. The number of allylic oxidation sites excluding steroid dienone is 2. The van der Waals surface area contributed by atoms with Gasteiger partial charge < -0.3 is 20.3 Å². The molecule has 1 aliphatic rings. The Kier molecular flexibility index (Phi) is 4.13. The maximum Gasteiger partial charge on any atom is 0.408 e. The molecule has 0 fully saturated rings. The fourth-order valence-corrected chi connectivity index (χ4v) is 1.47. The van der Waals surface area contributed by atoms with Gasteiger partial charge in [0, 0.05) is 0 Å². The molecule has 0 bridgehead atoms. The van der Waals surface area contributed by atoms with Crippen LogP contribution in [0.3, 0.4) is 0 Å². The Hall–Kier alpha value is -1.82. The lowest BCUT2D eigenvalue weighted by atomic mass is 9.96. The summed E-state index contributed by atoms with van der Waals surface area (Å²) in [6, 6.07) is -1.01. The maximum atomic E-state index is 11.6. The van der Waals surface area contributed by atoms with Gasteiger partial charge >= 0.3 is 12.1 Å². The largest absolute Gasteiger partial charge is 0.478 e. The predicted octanol–water partition coefficient (Wildman–Crippen LogP) is 0.821. The number of hydrogen-bond acceptors (Lipinski definition) is 4. The van der Waals surface area contributed by atoms with E-state index in [1.807, 2.05) is 0 Å². The van der Waals surface area contributed by atoms with E-state index in [9.17, 15) is 14.7 Å². The molecular formula is C12H17NO5. The van der Waals surface area contributed by atoms with Crippen molar-refractivity contribution in [3.05, 3.63) is 23.8 Å². The van der Waals surface area contributed by atoms with Gasteiger partial charge in [-0.3, -0.25) is 0 Å². The van der Waals surface area contributed by atoms with Crippen LogP contribution in [0, 0.1) is 0 Å². The lowest BCUT2D eigenvalue weighted by Crippen LogP contribution is -2.48. The summed E-state index contributed by atoms with van der Waals surface area (Å²) in [5.41, 5.74) is -0.775. The summed E-state index contributed by atoms with van der Waals surface area (Å²) < 4.78 is 5.01. The van der Waals surface area contributed by atoms with Crippen LogP contribution in [0.1, 0.15) is 20.8 Å². The van der Waals surface area contributed by atoms with Crippen molar-refractivity contribution in [2.24, 2.45) is 0 Å². The number of alkyl carbamates (subject to hydrolysis) is 1. The highest BCUT2D eigenvalue weighted by Crippen LogP contribution is 2.15. The molecule has 1 rings (SSSR count). The monoisotopic (exact) mass is 255 g/mol. The number of rotatable bonds is 2. The molecule has 0 spiro atoms. The van der Waals surface area contributed by atoms with Crippen LogP contribution >= 0.6 is 0 Å². The van der Waals surface area contributed by atoms with E-state index in [0.717, 1.165) is 0 Å². The smallest absolute Gasteiger partial charge is 0.408 e. The van der Waals surface area contributed by atoms with Gasteiger partial charge in [0.25, 0.3) is 0 Å². The van der Waals surface area contributed by atoms with Crippen LogP contribution in [0.2, 0.25) is 0 Å². The lowest BCUT2D eigenvalue weighted by Gasteiger charge is -2.27.